The normalized spacial score (nSPS) is 10.4. The van der Waals surface area contributed by atoms with Crippen molar-refractivity contribution in [2.75, 3.05) is 5.32 Å². The maximum Gasteiger partial charge on any atom is 0.224 e. The highest BCUT2D eigenvalue weighted by Gasteiger charge is 2.07. The maximum atomic E-state index is 13.3. The summed E-state index contributed by atoms with van der Waals surface area (Å²) in [6.07, 6.45) is 0.948. The highest BCUT2D eigenvalue weighted by Crippen LogP contribution is 2.20. The molecule has 1 N–H and O–H groups in total. The number of hydrogen-bond acceptors (Lipinski definition) is 3. The Kier molecular flexibility index (Phi) is 3.19. The Balaban J connectivity index is 2.34. The van der Waals surface area contributed by atoms with Gasteiger partial charge in [0.1, 0.15) is 5.82 Å². The predicted octanol–water partition coefficient (Wildman–Crippen LogP) is 3.46. The van der Waals surface area contributed by atoms with Crippen molar-refractivity contribution in [3.05, 3.63) is 46.9 Å². The number of anilines is 2. The number of nitrogens with zero attached hydrogens (tertiary/aromatic N) is 2. The maximum absolute atomic E-state index is 13.3. The van der Waals surface area contributed by atoms with Gasteiger partial charge in [0.25, 0.3) is 0 Å². The van der Waals surface area contributed by atoms with Crippen LogP contribution in [0.15, 0.2) is 24.4 Å². The second-order valence-corrected chi connectivity index (χ2v) is 3.82. The molecule has 2 rings (SSSR count). The van der Waals surface area contributed by atoms with Crippen molar-refractivity contribution < 1.29 is 8.78 Å². The highest BCUT2D eigenvalue weighted by atomic mass is 35.5. The molecule has 3 nitrogen and oxygen atoms in total. The van der Waals surface area contributed by atoms with Crippen molar-refractivity contribution in [1.82, 2.24) is 9.97 Å². The zero-order valence-electron chi connectivity index (χ0n) is 8.84. The molecule has 6 heteroatoms. The highest BCUT2D eigenvalue weighted by molar-refractivity contribution is 6.28. The largest absolute Gasteiger partial charge is 0.338 e. The molecule has 0 aliphatic heterocycles. The lowest BCUT2D eigenvalue weighted by molar-refractivity contribution is 0.618. The molecule has 0 fully saturated rings. The van der Waals surface area contributed by atoms with Crippen LogP contribution in [-0.4, -0.2) is 9.97 Å². The fraction of sp³-hybridized carbons (Fsp3) is 0.0909. The molecule has 0 spiro atoms. The molecule has 0 saturated heterocycles. The van der Waals surface area contributed by atoms with Gasteiger partial charge < -0.3 is 5.32 Å². The van der Waals surface area contributed by atoms with E-state index in [1.54, 1.807) is 13.0 Å². The smallest absolute Gasteiger partial charge is 0.224 e. The minimum absolute atomic E-state index is 0.0815. The van der Waals surface area contributed by atoms with E-state index < -0.39 is 11.6 Å². The molecule has 1 aromatic heterocycles. The molecule has 0 aliphatic carbocycles. The molecule has 0 amide bonds. The number of aryl methyl sites for hydroxylation is 1. The van der Waals surface area contributed by atoms with E-state index in [1.807, 2.05) is 0 Å². The number of hydrogen-bond donors (Lipinski definition) is 1. The molecular weight excluding hydrogens is 248 g/mol. The summed E-state index contributed by atoms with van der Waals surface area (Å²) in [6, 6.07) is 4.27. The summed E-state index contributed by atoms with van der Waals surface area (Å²) in [4.78, 5) is 7.15. The lowest BCUT2D eigenvalue weighted by Gasteiger charge is -2.07. The van der Waals surface area contributed by atoms with Crippen molar-refractivity contribution in [2.24, 2.45) is 0 Å². The van der Waals surface area contributed by atoms with Gasteiger partial charge in [-0.05, 0) is 42.3 Å². The van der Waals surface area contributed by atoms with Crippen molar-refractivity contribution in [2.45, 2.75) is 6.92 Å². The number of aromatic nitrogens is 2. The molecule has 17 heavy (non-hydrogen) atoms. The van der Waals surface area contributed by atoms with Gasteiger partial charge in [-0.25, -0.2) is 13.8 Å². The zero-order chi connectivity index (χ0) is 12.4. The summed E-state index contributed by atoms with van der Waals surface area (Å²) < 4.78 is 26.4. The van der Waals surface area contributed by atoms with Crippen LogP contribution in [0, 0.1) is 18.6 Å². The molecule has 0 atom stereocenters. The predicted molar refractivity (Wildman–Crippen MR) is 61.4 cm³/mol. The Bertz CT molecular complexity index is 540. The van der Waals surface area contributed by atoms with E-state index in [0.29, 0.717) is 11.3 Å². The standard InChI is InChI=1S/C11H8ClF2N3/c1-6-2-7(13)4-8(3-6)16-10-9(14)5-15-11(12)17-10/h2-5H,1H3,(H,15,16,17). The van der Waals surface area contributed by atoms with Crippen LogP contribution in [0.4, 0.5) is 20.3 Å². The van der Waals surface area contributed by atoms with Crippen molar-refractivity contribution in [3.8, 4) is 0 Å². The van der Waals surface area contributed by atoms with Gasteiger partial charge in [0.05, 0.1) is 6.20 Å². The molecule has 0 bridgehead atoms. The first-order valence-electron chi connectivity index (χ1n) is 4.77. The van der Waals surface area contributed by atoms with E-state index in [-0.39, 0.29) is 11.1 Å². The van der Waals surface area contributed by atoms with Crippen LogP contribution in [0.3, 0.4) is 0 Å². The lowest BCUT2D eigenvalue weighted by Crippen LogP contribution is -1.99. The summed E-state index contributed by atoms with van der Waals surface area (Å²) in [5.74, 6) is -1.15. The molecule has 88 valence electrons. The van der Waals surface area contributed by atoms with Gasteiger partial charge in [-0.3, -0.25) is 0 Å². The molecule has 0 aliphatic rings. The SMILES string of the molecule is Cc1cc(F)cc(Nc2nc(Cl)ncc2F)c1. The van der Waals surface area contributed by atoms with Crippen LogP contribution in [0.2, 0.25) is 5.28 Å². The molecule has 0 unspecified atom stereocenters. The minimum atomic E-state index is -0.656. The molecule has 0 radical (unpaired) electrons. The number of rotatable bonds is 2. The quantitative estimate of drug-likeness (QED) is 0.835. The van der Waals surface area contributed by atoms with Crippen LogP contribution in [0.25, 0.3) is 0 Å². The minimum Gasteiger partial charge on any atom is -0.338 e. The van der Waals surface area contributed by atoms with Gasteiger partial charge in [-0.2, -0.15) is 4.98 Å². The Morgan fingerprint density at radius 2 is 2.00 bits per heavy atom. The van der Waals surface area contributed by atoms with Gasteiger partial charge in [0, 0.05) is 5.69 Å². The topological polar surface area (TPSA) is 37.8 Å². The Labute approximate surface area is 101 Å². The molecule has 2 aromatic rings. The Hall–Kier alpha value is -1.75. The summed E-state index contributed by atoms with van der Waals surface area (Å²) in [7, 11) is 0. The van der Waals surface area contributed by atoms with Gasteiger partial charge in [0.2, 0.25) is 5.28 Å². The fourth-order valence-electron chi connectivity index (χ4n) is 1.38. The average molecular weight is 256 g/mol. The van der Waals surface area contributed by atoms with Crippen molar-refractivity contribution in [3.63, 3.8) is 0 Å². The van der Waals surface area contributed by atoms with Crippen LogP contribution in [0.1, 0.15) is 5.56 Å². The average Bonchev–Trinajstić information content (AvgIpc) is 2.22. The van der Waals surface area contributed by atoms with Crippen LogP contribution < -0.4 is 5.32 Å². The fourth-order valence-corrected chi connectivity index (χ4v) is 1.51. The first-order chi connectivity index (χ1) is 8.04. The Morgan fingerprint density at radius 1 is 1.24 bits per heavy atom. The summed E-state index contributed by atoms with van der Waals surface area (Å²) in [5.41, 5.74) is 1.12. The summed E-state index contributed by atoms with van der Waals surface area (Å²) >= 11 is 5.54. The van der Waals surface area contributed by atoms with Crippen LogP contribution in [-0.2, 0) is 0 Å². The van der Waals surface area contributed by atoms with E-state index in [4.69, 9.17) is 11.6 Å². The van der Waals surface area contributed by atoms with E-state index in [0.717, 1.165) is 6.20 Å². The molecular formula is C11H8ClF2N3. The Morgan fingerprint density at radius 3 is 2.71 bits per heavy atom. The van der Waals surface area contributed by atoms with E-state index in [2.05, 4.69) is 15.3 Å². The van der Waals surface area contributed by atoms with Gasteiger partial charge in [-0.1, -0.05) is 0 Å². The number of nitrogens with one attached hydrogen (secondary N) is 1. The van der Waals surface area contributed by atoms with E-state index >= 15 is 0 Å². The third kappa shape index (κ3) is 2.88. The van der Waals surface area contributed by atoms with Gasteiger partial charge in [0.15, 0.2) is 11.6 Å². The second kappa shape index (κ2) is 4.63. The first-order valence-corrected chi connectivity index (χ1v) is 5.14. The lowest BCUT2D eigenvalue weighted by atomic mass is 10.2. The third-order valence-corrected chi connectivity index (χ3v) is 2.20. The number of benzene rings is 1. The molecule has 1 heterocycles. The van der Waals surface area contributed by atoms with E-state index in [1.165, 1.54) is 12.1 Å². The number of halogens is 3. The van der Waals surface area contributed by atoms with Crippen LogP contribution >= 0.6 is 11.6 Å². The van der Waals surface area contributed by atoms with E-state index in [9.17, 15) is 8.78 Å². The zero-order valence-corrected chi connectivity index (χ0v) is 9.59. The van der Waals surface area contributed by atoms with Gasteiger partial charge >= 0.3 is 0 Å². The second-order valence-electron chi connectivity index (χ2n) is 3.48. The van der Waals surface area contributed by atoms with Crippen molar-refractivity contribution in [1.29, 1.82) is 0 Å². The summed E-state index contributed by atoms with van der Waals surface area (Å²) in [5, 5.41) is 2.56. The monoisotopic (exact) mass is 255 g/mol. The molecule has 0 saturated carbocycles. The van der Waals surface area contributed by atoms with Gasteiger partial charge in [-0.15, -0.1) is 0 Å². The molecule has 1 aromatic carbocycles. The van der Waals surface area contributed by atoms with Crippen molar-refractivity contribution >= 4 is 23.1 Å². The third-order valence-electron chi connectivity index (χ3n) is 2.02. The first kappa shape index (κ1) is 11.7. The summed E-state index contributed by atoms with van der Waals surface area (Å²) in [6.45, 7) is 1.73. The van der Waals surface area contributed by atoms with Crippen LogP contribution in [0.5, 0.6) is 0 Å².